The Morgan fingerprint density at radius 2 is 2.29 bits per heavy atom. The Morgan fingerprint density at radius 3 is 2.90 bits per heavy atom. The zero-order chi connectivity index (χ0) is 15.4. The number of thiophene rings is 1. The van der Waals surface area contributed by atoms with Crippen molar-refractivity contribution in [3.8, 4) is 0 Å². The SMILES string of the molecule is COC(=O)c1sccc1NC(=O)CSc1sc(N)nc1C. The maximum absolute atomic E-state index is 11.9. The number of ether oxygens (including phenoxy) is 1. The van der Waals surface area contributed by atoms with Gasteiger partial charge in [-0.2, -0.15) is 0 Å². The molecule has 2 aromatic heterocycles. The first-order chi connectivity index (χ1) is 10.0. The van der Waals surface area contributed by atoms with E-state index in [1.165, 1.54) is 41.5 Å². The number of methoxy groups -OCH3 is 1. The minimum atomic E-state index is -0.459. The molecule has 0 spiro atoms. The van der Waals surface area contributed by atoms with Gasteiger partial charge in [-0.1, -0.05) is 11.3 Å². The molecule has 21 heavy (non-hydrogen) atoms. The number of esters is 1. The van der Waals surface area contributed by atoms with Crippen molar-refractivity contribution in [3.05, 3.63) is 22.0 Å². The summed E-state index contributed by atoms with van der Waals surface area (Å²) in [5.41, 5.74) is 6.90. The highest BCUT2D eigenvalue weighted by Crippen LogP contribution is 2.30. The summed E-state index contributed by atoms with van der Waals surface area (Å²) >= 11 is 3.95. The van der Waals surface area contributed by atoms with Crippen molar-refractivity contribution >= 4 is 57.1 Å². The maximum Gasteiger partial charge on any atom is 0.350 e. The van der Waals surface area contributed by atoms with Crippen molar-refractivity contribution in [2.75, 3.05) is 23.9 Å². The normalized spacial score (nSPS) is 10.4. The summed E-state index contributed by atoms with van der Waals surface area (Å²) in [6, 6.07) is 1.68. The predicted octanol–water partition coefficient (Wildman–Crippen LogP) is 2.61. The number of aromatic nitrogens is 1. The number of hydrogen-bond acceptors (Lipinski definition) is 8. The largest absolute Gasteiger partial charge is 0.465 e. The van der Waals surface area contributed by atoms with Crippen molar-refractivity contribution in [3.63, 3.8) is 0 Å². The fraction of sp³-hybridized carbons (Fsp3) is 0.250. The molecule has 0 aliphatic carbocycles. The van der Waals surface area contributed by atoms with Crippen LogP contribution in [-0.2, 0) is 9.53 Å². The predicted molar refractivity (Wildman–Crippen MR) is 86.3 cm³/mol. The molecule has 0 saturated heterocycles. The van der Waals surface area contributed by atoms with Gasteiger partial charge in [0.05, 0.1) is 28.5 Å². The molecule has 2 rings (SSSR count). The van der Waals surface area contributed by atoms with Crippen LogP contribution in [0.1, 0.15) is 15.4 Å². The van der Waals surface area contributed by atoms with E-state index in [2.05, 4.69) is 15.0 Å². The molecule has 0 saturated carbocycles. The van der Waals surface area contributed by atoms with E-state index < -0.39 is 5.97 Å². The monoisotopic (exact) mass is 343 g/mol. The lowest BCUT2D eigenvalue weighted by Gasteiger charge is -2.05. The van der Waals surface area contributed by atoms with Crippen LogP contribution in [0.4, 0.5) is 10.8 Å². The zero-order valence-corrected chi connectivity index (χ0v) is 13.8. The molecule has 0 aliphatic heterocycles. The van der Waals surface area contributed by atoms with E-state index in [0.717, 1.165) is 9.90 Å². The summed E-state index contributed by atoms with van der Waals surface area (Å²) in [5, 5.41) is 4.92. The Balaban J connectivity index is 1.95. The van der Waals surface area contributed by atoms with Crippen LogP contribution in [0.25, 0.3) is 0 Å². The van der Waals surface area contributed by atoms with Crippen LogP contribution in [0.2, 0.25) is 0 Å². The number of rotatable bonds is 5. The van der Waals surface area contributed by atoms with Crippen molar-refractivity contribution < 1.29 is 14.3 Å². The number of carbonyl (C=O) groups excluding carboxylic acids is 2. The third-order valence-corrected chi connectivity index (χ3v) is 5.66. The first kappa shape index (κ1) is 15.8. The number of aryl methyl sites for hydroxylation is 1. The number of nitrogens with two attached hydrogens (primary N) is 1. The highest BCUT2D eigenvalue weighted by molar-refractivity contribution is 8.01. The van der Waals surface area contributed by atoms with Gasteiger partial charge in [0.15, 0.2) is 5.13 Å². The standard InChI is InChI=1S/C12H13N3O3S3/c1-6-11(21-12(13)14-6)20-5-8(16)15-7-3-4-19-9(7)10(17)18-2/h3-4H,5H2,1-2H3,(H2,13,14)(H,15,16). The van der Waals surface area contributed by atoms with Gasteiger partial charge in [-0.15, -0.1) is 23.1 Å². The smallest absolute Gasteiger partial charge is 0.350 e. The molecule has 6 nitrogen and oxygen atoms in total. The lowest BCUT2D eigenvalue weighted by atomic mass is 10.4. The Kier molecular flexibility index (Phi) is 5.21. The molecule has 1 amide bonds. The second-order valence-electron chi connectivity index (χ2n) is 3.92. The van der Waals surface area contributed by atoms with E-state index in [-0.39, 0.29) is 11.7 Å². The second kappa shape index (κ2) is 6.92. The molecule has 2 heterocycles. The molecule has 9 heteroatoms. The van der Waals surface area contributed by atoms with Crippen molar-refractivity contribution in [1.29, 1.82) is 0 Å². The number of thiazole rings is 1. The fourth-order valence-corrected chi connectivity index (χ4v) is 4.10. The van der Waals surface area contributed by atoms with Gasteiger partial charge in [-0.3, -0.25) is 4.79 Å². The van der Waals surface area contributed by atoms with Crippen LogP contribution in [0.15, 0.2) is 15.7 Å². The van der Waals surface area contributed by atoms with Crippen LogP contribution in [-0.4, -0.2) is 29.7 Å². The Labute approximate surface area is 133 Å². The van der Waals surface area contributed by atoms with Gasteiger partial charge in [0, 0.05) is 0 Å². The number of nitrogen functional groups attached to an aromatic ring is 1. The lowest BCUT2D eigenvalue weighted by Crippen LogP contribution is -2.15. The third kappa shape index (κ3) is 3.96. The zero-order valence-electron chi connectivity index (χ0n) is 11.3. The molecule has 3 N–H and O–H groups in total. The minimum absolute atomic E-state index is 0.199. The minimum Gasteiger partial charge on any atom is -0.465 e. The van der Waals surface area contributed by atoms with Gasteiger partial charge in [0.25, 0.3) is 0 Å². The van der Waals surface area contributed by atoms with Gasteiger partial charge in [-0.05, 0) is 18.4 Å². The van der Waals surface area contributed by atoms with E-state index in [1.807, 2.05) is 6.92 Å². The van der Waals surface area contributed by atoms with Crippen LogP contribution in [0.3, 0.4) is 0 Å². The van der Waals surface area contributed by atoms with Gasteiger partial charge >= 0.3 is 5.97 Å². The molecular formula is C12H13N3O3S3. The van der Waals surface area contributed by atoms with Crippen molar-refractivity contribution in [1.82, 2.24) is 4.98 Å². The molecule has 0 aromatic carbocycles. The van der Waals surface area contributed by atoms with Gasteiger partial charge in [-0.25, -0.2) is 9.78 Å². The van der Waals surface area contributed by atoms with Crippen LogP contribution in [0, 0.1) is 6.92 Å². The summed E-state index contributed by atoms with van der Waals surface area (Å²) in [7, 11) is 1.31. The second-order valence-corrected chi connectivity index (χ2v) is 7.11. The molecular weight excluding hydrogens is 330 g/mol. The fourth-order valence-electron chi connectivity index (χ4n) is 1.51. The average molecular weight is 343 g/mol. The van der Waals surface area contributed by atoms with Crippen LogP contribution >= 0.6 is 34.4 Å². The maximum atomic E-state index is 11.9. The molecule has 0 bridgehead atoms. The molecule has 2 aromatic rings. The number of anilines is 2. The number of carbonyl (C=O) groups is 2. The highest BCUT2D eigenvalue weighted by atomic mass is 32.2. The van der Waals surface area contributed by atoms with Gasteiger partial charge in [0.2, 0.25) is 5.91 Å². The summed E-state index contributed by atoms with van der Waals surface area (Å²) < 4.78 is 5.58. The average Bonchev–Trinajstić information content (AvgIpc) is 3.02. The lowest BCUT2D eigenvalue weighted by molar-refractivity contribution is -0.113. The molecule has 0 fully saturated rings. The molecule has 0 unspecified atom stereocenters. The molecule has 112 valence electrons. The van der Waals surface area contributed by atoms with Gasteiger partial charge < -0.3 is 15.8 Å². The summed E-state index contributed by atoms with van der Waals surface area (Å²) in [4.78, 5) is 27.9. The van der Waals surface area contributed by atoms with E-state index in [4.69, 9.17) is 5.73 Å². The van der Waals surface area contributed by atoms with Gasteiger partial charge in [0.1, 0.15) is 4.88 Å². The van der Waals surface area contributed by atoms with E-state index >= 15 is 0 Å². The number of nitrogens with one attached hydrogen (secondary N) is 1. The van der Waals surface area contributed by atoms with Crippen LogP contribution in [0.5, 0.6) is 0 Å². The quantitative estimate of drug-likeness (QED) is 0.640. The van der Waals surface area contributed by atoms with Crippen molar-refractivity contribution in [2.24, 2.45) is 0 Å². The Bertz CT molecular complexity index is 666. The molecule has 0 aliphatic rings. The first-order valence-electron chi connectivity index (χ1n) is 5.82. The number of amides is 1. The summed E-state index contributed by atoms with van der Waals surface area (Å²) in [6.07, 6.45) is 0. The first-order valence-corrected chi connectivity index (χ1v) is 8.50. The number of nitrogens with zero attached hydrogens (tertiary/aromatic N) is 1. The van der Waals surface area contributed by atoms with E-state index in [0.29, 0.717) is 15.7 Å². The Hall–Kier alpha value is -1.58. The van der Waals surface area contributed by atoms with Crippen LogP contribution < -0.4 is 11.1 Å². The highest BCUT2D eigenvalue weighted by Gasteiger charge is 2.16. The third-order valence-electron chi connectivity index (χ3n) is 2.42. The van der Waals surface area contributed by atoms with E-state index in [1.54, 1.807) is 11.4 Å². The topological polar surface area (TPSA) is 94.3 Å². The molecule has 0 radical (unpaired) electrons. The summed E-state index contributed by atoms with van der Waals surface area (Å²) in [5.74, 6) is -0.437. The number of hydrogen-bond donors (Lipinski definition) is 2. The summed E-state index contributed by atoms with van der Waals surface area (Å²) in [6.45, 7) is 1.85. The molecule has 0 atom stereocenters. The van der Waals surface area contributed by atoms with E-state index in [9.17, 15) is 9.59 Å². The Morgan fingerprint density at radius 1 is 1.52 bits per heavy atom. The van der Waals surface area contributed by atoms with Crippen molar-refractivity contribution in [2.45, 2.75) is 11.1 Å². The number of thioether (sulfide) groups is 1.